The summed E-state index contributed by atoms with van der Waals surface area (Å²) in [4.78, 5) is 19.3. The average molecular weight is 384 g/mol. The van der Waals surface area contributed by atoms with E-state index in [1.807, 2.05) is 54.6 Å². The molecule has 0 bridgehead atoms. The van der Waals surface area contributed by atoms with E-state index in [0.717, 1.165) is 28.2 Å². The van der Waals surface area contributed by atoms with Crippen LogP contribution in [-0.4, -0.2) is 23.3 Å². The molecule has 0 unspecified atom stereocenters. The molecule has 0 aliphatic rings. The van der Waals surface area contributed by atoms with Crippen LogP contribution >= 0.6 is 11.3 Å². The number of thiazole rings is 1. The van der Waals surface area contributed by atoms with Crippen LogP contribution in [0.5, 0.6) is 11.6 Å². The Balaban J connectivity index is 1.39. The highest BCUT2D eigenvalue weighted by atomic mass is 32.1. The van der Waals surface area contributed by atoms with Gasteiger partial charge in [0.1, 0.15) is 19.0 Å². The maximum Gasteiger partial charge on any atom is 0.307 e. The lowest BCUT2D eigenvalue weighted by Gasteiger charge is -2.11. The fourth-order valence-corrected chi connectivity index (χ4v) is 3.16. The second-order valence-electron chi connectivity index (χ2n) is 5.75. The van der Waals surface area contributed by atoms with Crippen molar-refractivity contribution in [3.8, 4) is 11.6 Å². The van der Waals surface area contributed by atoms with Gasteiger partial charge < -0.3 is 9.84 Å². The van der Waals surface area contributed by atoms with E-state index < -0.39 is 0 Å². The van der Waals surface area contributed by atoms with Crippen molar-refractivity contribution < 1.29 is 14.7 Å². The number of aromatic nitrogens is 1. The van der Waals surface area contributed by atoms with Crippen molar-refractivity contribution >= 4 is 17.0 Å². The molecule has 140 valence electrons. The Morgan fingerprint density at radius 1 is 1.11 bits per heavy atom. The third-order valence-electron chi connectivity index (χ3n) is 3.76. The molecule has 3 rings (SSSR count). The van der Waals surface area contributed by atoms with E-state index in [-0.39, 0.29) is 10.8 Å². The van der Waals surface area contributed by atoms with E-state index in [2.05, 4.69) is 17.0 Å². The fraction of sp³-hybridized carbons (Fsp3) is 0.150. The van der Waals surface area contributed by atoms with E-state index in [1.165, 1.54) is 0 Å². The van der Waals surface area contributed by atoms with E-state index in [0.29, 0.717) is 30.2 Å². The summed E-state index contributed by atoms with van der Waals surface area (Å²) >= 11 is 1.01. The van der Waals surface area contributed by atoms with Gasteiger partial charge in [-0.25, -0.2) is 0 Å². The van der Waals surface area contributed by atoms with Crippen molar-refractivity contribution in [2.24, 2.45) is 0 Å². The lowest BCUT2D eigenvalue weighted by Crippen LogP contribution is -2.17. The quantitative estimate of drug-likeness (QED) is 0.389. The average Bonchev–Trinajstić information content (AvgIpc) is 3.00. The smallest absolute Gasteiger partial charge is 0.307 e. The SMILES string of the molecule is C=C(NOCCOc1ccc(Cc2sc(=O)[nH]c2O)cc1)c1ccccc1. The first kappa shape index (κ1) is 18.8. The zero-order valence-electron chi connectivity index (χ0n) is 14.6. The van der Waals surface area contributed by atoms with Gasteiger partial charge in [-0.2, -0.15) is 0 Å². The van der Waals surface area contributed by atoms with Crippen LogP contribution in [-0.2, 0) is 11.3 Å². The molecule has 7 heteroatoms. The molecule has 0 aliphatic carbocycles. The fourth-order valence-electron chi connectivity index (χ4n) is 2.40. The Hall–Kier alpha value is -3.03. The zero-order chi connectivity index (χ0) is 19.1. The Labute approximate surface area is 160 Å². The standard InChI is InChI=1S/C20H20N2O4S/c1-14(16-5-3-2-4-6-16)22-26-12-11-25-17-9-7-15(8-10-17)13-18-19(23)21-20(24)27-18/h2-10,22-23H,1,11-13H2,(H,21,24). The van der Waals surface area contributed by atoms with Gasteiger partial charge in [0.05, 0.1) is 10.6 Å². The third-order valence-corrected chi connectivity index (χ3v) is 4.63. The highest BCUT2D eigenvalue weighted by Crippen LogP contribution is 2.21. The molecule has 3 aromatic rings. The number of hydrogen-bond acceptors (Lipinski definition) is 6. The number of hydrogen-bond donors (Lipinski definition) is 3. The zero-order valence-corrected chi connectivity index (χ0v) is 15.4. The van der Waals surface area contributed by atoms with Gasteiger partial charge in [-0.1, -0.05) is 60.4 Å². The maximum atomic E-state index is 11.2. The minimum Gasteiger partial charge on any atom is -0.494 e. The van der Waals surface area contributed by atoms with Gasteiger partial charge >= 0.3 is 4.87 Å². The third kappa shape index (κ3) is 5.47. The van der Waals surface area contributed by atoms with Crippen LogP contribution in [0.3, 0.4) is 0 Å². The van der Waals surface area contributed by atoms with Crippen molar-refractivity contribution in [2.45, 2.75) is 6.42 Å². The summed E-state index contributed by atoms with van der Waals surface area (Å²) in [6.45, 7) is 4.66. The van der Waals surface area contributed by atoms with E-state index >= 15 is 0 Å². The number of benzene rings is 2. The first-order valence-electron chi connectivity index (χ1n) is 8.36. The van der Waals surface area contributed by atoms with Crippen LogP contribution in [0.4, 0.5) is 0 Å². The second kappa shape index (κ2) is 9.07. The maximum absolute atomic E-state index is 11.2. The Bertz CT molecular complexity index is 933. The second-order valence-corrected chi connectivity index (χ2v) is 6.82. The van der Waals surface area contributed by atoms with Crippen LogP contribution < -0.4 is 15.1 Å². The number of aromatic amines is 1. The van der Waals surface area contributed by atoms with E-state index in [9.17, 15) is 9.90 Å². The molecule has 0 aliphatic heterocycles. The van der Waals surface area contributed by atoms with Gasteiger partial charge in [0, 0.05) is 6.42 Å². The van der Waals surface area contributed by atoms with Gasteiger partial charge in [0.25, 0.3) is 0 Å². The number of nitrogens with one attached hydrogen (secondary N) is 2. The lowest BCUT2D eigenvalue weighted by molar-refractivity contribution is 0.0541. The number of ether oxygens (including phenoxy) is 1. The van der Waals surface area contributed by atoms with Crippen molar-refractivity contribution in [1.82, 2.24) is 10.5 Å². The van der Waals surface area contributed by atoms with Crippen molar-refractivity contribution in [3.05, 3.63) is 86.8 Å². The molecule has 0 amide bonds. The molecule has 2 aromatic carbocycles. The van der Waals surface area contributed by atoms with Crippen LogP contribution in [0.1, 0.15) is 16.0 Å². The Kier molecular flexibility index (Phi) is 6.30. The van der Waals surface area contributed by atoms with E-state index in [4.69, 9.17) is 9.57 Å². The number of aromatic hydroxyl groups is 1. The molecule has 27 heavy (non-hydrogen) atoms. The summed E-state index contributed by atoms with van der Waals surface area (Å²) in [5.74, 6) is 0.655. The Morgan fingerprint density at radius 3 is 2.52 bits per heavy atom. The highest BCUT2D eigenvalue weighted by molar-refractivity contribution is 7.09. The highest BCUT2D eigenvalue weighted by Gasteiger charge is 2.07. The van der Waals surface area contributed by atoms with Crippen molar-refractivity contribution in [3.63, 3.8) is 0 Å². The molecule has 0 saturated heterocycles. The molecule has 0 fully saturated rings. The van der Waals surface area contributed by atoms with E-state index in [1.54, 1.807) is 0 Å². The lowest BCUT2D eigenvalue weighted by atomic mass is 10.1. The summed E-state index contributed by atoms with van der Waals surface area (Å²) in [5.41, 5.74) is 5.44. The molecule has 0 saturated carbocycles. The van der Waals surface area contributed by atoms with Gasteiger partial charge in [-0.3, -0.25) is 20.1 Å². The summed E-state index contributed by atoms with van der Waals surface area (Å²) in [7, 11) is 0. The monoisotopic (exact) mass is 384 g/mol. The minimum absolute atomic E-state index is 0.0629. The summed E-state index contributed by atoms with van der Waals surface area (Å²) in [6, 6.07) is 17.2. The molecule has 3 N–H and O–H groups in total. The largest absolute Gasteiger partial charge is 0.494 e. The van der Waals surface area contributed by atoms with Crippen LogP contribution in [0.25, 0.3) is 5.70 Å². The summed E-state index contributed by atoms with van der Waals surface area (Å²) < 4.78 is 5.63. The molecule has 0 spiro atoms. The molecule has 1 aromatic heterocycles. The van der Waals surface area contributed by atoms with Crippen molar-refractivity contribution in [2.75, 3.05) is 13.2 Å². The number of H-pyrrole nitrogens is 1. The minimum atomic E-state index is -0.258. The molecular formula is C20H20N2O4S. The number of rotatable bonds is 9. The topological polar surface area (TPSA) is 83.6 Å². The summed E-state index contributed by atoms with van der Waals surface area (Å²) in [5, 5.41) is 9.63. The predicted molar refractivity (Wildman–Crippen MR) is 106 cm³/mol. The van der Waals surface area contributed by atoms with Crippen LogP contribution in [0.15, 0.2) is 66.0 Å². The van der Waals surface area contributed by atoms with Crippen molar-refractivity contribution in [1.29, 1.82) is 0 Å². The molecule has 0 atom stereocenters. The normalized spacial score (nSPS) is 10.5. The Morgan fingerprint density at radius 2 is 1.85 bits per heavy atom. The van der Waals surface area contributed by atoms with Crippen LogP contribution in [0.2, 0.25) is 0 Å². The molecule has 0 radical (unpaired) electrons. The predicted octanol–water partition coefficient (Wildman–Crippen LogP) is 3.30. The molecular weight excluding hydrogens is 364 g/mol. The first-order chi connectivity index (χ1) is 13.1. The summed E-state index contributed by atoms with van der Waals surface area (Å²) in [6.07, 6.45) is 0.490. The molecule has 6 nitrogen and oxygen atoms in total. The number of hydroxylamine groups is 1. The first-order valence-corrected chi connectivity index (χ1v) is 9.18. The van der Waals surface area contributed by atoms with Gasteiger partial charge in [-0.05, 0) is 23.3 Å². The van der Waals surface area contributed by atoms with Gasteiger partial charge in [0.2, 0.25) is 5.88 Å². The van der Waals surface area contributed by atoms with Gasteiger partial charge in [0.15, 0.2) is 0 Å². The van der Waals surface area contributed by atoms with Crippen LogP contribution in [0, 0.1) is 0 Å². The van der Waals surface area contributed by atoms with Gasteiger partial charge in [-0.15, -0.1) is 0 Å². The molecule has 1 heterocycles.